The molecule has 1 aliphatic carbocycles. The predicted molar refractivity (Wildman–Crippen MR) is 98.3 cm³/mol. The first-order valence-electron chi connectivity index (χ1n) is 9.76. The van der Waals surface area contributed by atoms with E-state index in [1.54, 1.807) is 0 Å². The summed E-state index contributed by atoms with van der Waals surface area (Å²) in [6, 6.07) is 21.0. The fourth-order valence-corrected chi connectivity index (χ4v) is 5.70. The van der Waals surface area contributed by atoms with Gasteiger partial charge in [-0.05, 0) is 24.0 Å². The highest BCUT2D eigenvalue weighted by molar-refractivity contribution is 5.73. The molecule has 2 saturated heterocycles. The Bertz CT molecular complexity index is 768. The standard InChI is InChI=1S/C23H24O3/c24-20-14-17-22(25-20)21(15-8-3-9-16-21)23(26-22,18-10-4-1-5-11-18)19-12-6-2-7-13-19/h1-2,4-7,10-13H,3,8-9,14-17H2. The second kappa shape index (κ2) is 5.68. The fraction of sp³-hybridized carbons (Fsp3) is 0.435. The van der Waals surface area contributed by atoms with Gasteiger partial charge in [-0.3, -0.25) is 4.79 Å². The van der Waals surface area contributed by atoms with E-state index in [9.17, 15) is 4.79 Å². The molecular formula is C23H24O3. The van der Waals surface area contributed by atoms with Crippen LogP contribution >= 0.6 is 0 Å². The monoisotopic (exact) mass is 348 g/mol. The van der Waals surface area contributed by atoms with Crippen LogP contribution in [0.5, 0.6) is 0 Å². The molecule has 0 N–H and O–H groups in total. The normalized spacial score (nSPS) is 28.7. The molecule has 0 aromatic heterocycles. The molecule has 1 atom stereocenters. The van der Waals surface area contributed by atoms with Crippen LogP contribution in [0.2, 0.25) is 0 Å². The third-order valence-corrected chi connectivity index (χ3v) is 6.73. The summed E-state index contributed by atoms with van der Waals surface area (Å²) in [5.74, 6) is -0.874. The second-order valence-electron chi connectivity index (χ2n) is 7.89. The Morgan fingerprint density at radius 3 is 1.81 bits per heavy atom. The molecule has 2 heterocycles. The van der Waals surface area contributed by atoms with E-state index in [0.717, 1.165) is 25.7 Å². The van der Waals surface area contributed by atoms with Gasteiger partial charge in [0.15, 0.2) is 0 Å². The van der Waals surface area contributed by atoms with E-state index in [1.165, 1.54) is 17.5 Å². The van der Waals surface area contributed by atoms with Gasteiger partial charge in [0.1, 0.15) is 5.60 Å². The highest BCUT2D eigenvalue weighted by atomic mass is 16.8. The van der Waals surface area contributed by atoms with Crippen molar-refractivity contribution < 1.29 is 14.3 Å². The summed E-state index contributed by atoms with van der Waals surface area (Å²) in [5.41, 5.74) is 1.61. The first-order valence-corrected chi connectivity index (χ1v) is 9.76. The van der Waals surface area contributed by atoms with E-state index < -0.39 is 11.4 Å². The maximum Gasteiger partial charge on any atom is 0.308 e. The first kappa shape index (κ1) is 16.1. The molecule has 2 aromatic rings. The minimum Gasteiger partial charge on any atom is -0.432 e. The van der Waals surface area contributed by atoms with E-state index in [4.69, 9.17) is 9.47 Å². The summed E-state index contributed by atoms with van der Waals surface area (Å²) in [6.45, 7) is 0. The third kappa shape index (κ3) is 1.90. The molecular weight excluding hydrogens is 324 g/mol. The van der Waals surface area contributed by atoms with Crippen LogP contribution in [0.3, 0.4) is 0 Å². The summed E-state index contributed by atoms with van der Waals surface area (Å²) >= 11 is 0. The summed E-state index contributed by atoms with van der Waals surface area (Å²) in [5, 5.41) is 0. The van der Waals surface area contributed by atoms with Crippen LogP contribution in [0.25, 0.3) is 0 Å². The van der Waals surface area contributed by atoms with Gasteiger partial charge in [0.05, 0.1) is 11.8 Å². The van der Waals surface area contributed by atoms with Crippen LogP contribution in [0.4, 0.5) is 0 Å². The molecule has 0 radical (unpaired) electrons. The summed E-state index contributed by atoms with van der Waals surface area (Å²) < 4.78 is 12.7. The quantitative estimate of drug-likeness (QED) is 0.721. The number of benzene rings is 2. The van der Waals surface area contributed by atoms with E-state index >= 15 is 0 Å². The molecule has 5 rings (SSSR count). The fourth-order valence-electron chi connectivity index (χ4n) is 5.70. The van der Waals surface area contributed by atoms with E-state index in [-0.39, 0.29) is 11.4 Å². The van der Waals surface area contributed by atoms with Gasteiger partial charge >= 0.3 is 5.97 Å². The van der Waals surface area contributed by atoms with Crippen LogP contribution in [0.15, 0.2) is 60.7 Å². The lowest BCUT2D eigenvalue weighted by molar-refractivity contribution is -0.452. The van der Waals surface area contributed by atoms with Crippen molar-refractivity contribution in [1.29, 1.82) is 0 Å². The molecule has 134 valence electrons. The third-order valence-electron chi connectivity index (χ3n) is 6.73. The number of ether oxygens (including phenoxy) is 2. The van der Waals surface area contributed by atoms with Crippen molar-refractivity contribution in [3.63, 3.8) is 0 Å². The number of carbonyl (C=O) groups is 1. The van der Waals surface area contributed by atoms with Crippen LogP contribution in [-0.2, 0) is 19.9 Å². The number of hydrogen-bond donors (Lipinski definition) is 0. The summed E-state index contributed by atoms with van der Waals surface area (Å²) in [4.78, 5) is 12.1. The van der Waals surface area contributed by atoms with Crippen molar-refractivity contribution in [3.8, 4) is 0 Å². The summed E-state index contributed by atoms with van der Waals surface area (Å²) in [7, 11) is 0. The smallest absolute Gasteiger partial charge is 0.308 e. The largest absolute Gasteiger partial charge is 0.432 e. The molecule has 0 amide bonds. The highest BCUT2D eigenvalue weighted by Crippen LogP contribution is 2.73. The zero-order valence-corrected chi connectivity index (χ0v) is 14.9. The minimum atomic E-state index is -0.754. The van der Waals surface area contributed by atoms with Gasteiger partial charge in [0.2, 0.25) is 5.79 Å². The maximum atomic E-state index is 12.1. The molecule has 1 saturated carbocycles. The molecule has 1 unspecified atom stereocenters. The molecule has 3 fully saturated rings. The van der Waals surface area contributed by atoms with Crippen molar-refractivity contribution >= 4 is 5.97 Å². The number of hydrogen-bond acceptors (Lipinski definition) is 3. The Hall–Kier alpha value is -2.13. The van der Waals surface area contributed by atoms with Crippen molar-refractivity contribution in [3.05, 3.63) is 71.8 Å². The first-order chi connectivity index (χ1) is 12.7. The minimum absolute atomic E-state index is 0.121. The van der Waals surface area contributed by atoms with Gasteiger partial charge in [-0.15, -0.1) is 0 Å². The zero-order chi connectivity index (χ0) is 17.7. The van der Waals surface area contributed by atoms with E-state index in [1.807, 2.05) is 12.1 Å². The second-order valence-corrected chi connectivity index (χ2v) is 7.89. The number of esters is 1. The SMILES string of the molecule is O=C1CCC2(O1)OC(c1ccccc1)(c1ccccc1)C21CCCCC1. The van der Waals surface area contributed by atoms with Gasteiger partial charge in [-0.2, -0.15) is 0 Å². The molecule has 2 aliphatic heterocycles. The predicted octanol–water partition coefficient (Wildman–Crippen LogP) is 4.94. The number of rotatable bonds is 2. The molecule has 2 spiro atoms. The average molecular weight is 348 g/mol. The van der Waals surface area contributed by atoms with Crippen LogP contribution in [0.1, 0.15) is 56.1 Å². The molecule has 26 heavy (non-hydrogen) atoms. The van der Waals surface area contributed by atoms with Crippen molar-refractivity contribution in [2.24, 2.45) is 5.41 Å². The molecule has 3 aliphatic rings. The van der Waals surface area contributed by atoms with E-state index in [2.05, 4.69) is 48.5 Å². The average Bonchev–Trinajstić information content (AvgIpc) is 3.11. The van der Waals surface area contributed by atoms with Crippen molar-refractivity contribution in [1.82, 2.24) is 0 Å². The number of fused-ring (bicyclic) bond motifs is 1. The van der Waals surface area contributed by atoms with Gasteiger partial charge in [-0.25, -0.2) is 0 Å². The van der Waals surface area contributed by atoms with Crippen molar-refractivity contribution in [2.45, 2.75) is 56.3 Å². The maximum absolute atomic E-state index is 12.1. The lowest BCUT2D eigenvalue weighted by Gasteiger charge is -2.69. The lowest BCUT2D eigenvalue weighted by Crippen LogP contribution is -2.75. The molecule has 3 nitrogen and oxygen atoms in total. The van der Waals surface area contributed by atoms with Crippen LogP contribution < -0.4 is 0 Å². The summed E-state index contributed by atoms with van der Waals surface area (Å²) in [6.07, 6.45) is 6.75. The highest BCUT2D eigenvalue weighted by Gasteiger charge is 2.79. The Balaban J connectivity index is 1.73. The molecule has 2 aromatic carbocycles. The number of carbonyl (C=O) groups excluding carboxylic acids is 1. The van der Waals surface area contributed by atoms with Gasteiger partial charge in [0.25, 0.3) is 0 Å². The zero-order valence-electron chi connectivity index (χ0n) is 14.9. The van der Waals surface area contributed by atoms with Gasteiger partial charge in [-0.1, -0.05) is 79.9 Å². The Kier molecular flexibility index (Phi) is 3.51. The van der Waals surface area contributed by atoms with Gasteiger partial charge < -0.3 is 9.47 Å². The van der Waals surface area contributed by atoms with Crippen molar-refractivity contribution in [2.75, 3.05) is 0 Å². The topological polar surface area (TPSA) is 35.5 Å². The van der Waals surface area contributed by atoms with Gasteiger partial charge in [0, 0.05) is 6.42 Å². The molecule has 0 bridgehead atoms. The Morgan fingerprint density at radius 2 is 1.31 bits per heavy atom. The Labute approximate surface area is 154 Å². The Morgan fingerprint density at radius 1 is 0.731 bits per heavy atom. The lowest BCUT2D eigenvalue weighted by atomic mass is 9.49. The van der Waals surface area contributed by atoms with Crippen LogP contribution in [0, 0.1) is 5.41 Å². The van der Waals surface area contributed by atoms with Crippen LogP contribution in [-0.4, -0.2) is 11.8 Å². The molecule has 3 heteroatoms. The van der Waals surface area contributed by atoms with E-state index in [0.29, 0.717) is 12.8 Å².